The van der Waals surface area contributed by atoms with E-state index in [1.165, 1.54) is 38.4 Å². The maximum Gasteiger partial charge on any atom is 0.164 e. The maximum atomic E-state index is 6.69. The first-order chi connectivity index (χ1) is 25.8. The lowest BCUT2D eigenvalue weighted by Gasteiger charge is -2.39. The van der Waals surface area contributed by atoms with Gasteiger partial charge in [0.05, 0.1) is 5.41 Å². The predicted octanol–water partition coefficient (Wildman–Crippen LogP) is 11.6. The van der Waals surface area contributed by atoms with Gasteiger partial charge in [-0.2, -0.15) is 0 Å². The first kappa shape index (κ1) is 28.9. The summed E-state index contributed by atoms with van der Waals surface area (Å²) >= 11 is 0. The van der Waals surface area contributed by atoms with E-state index in [1.54, 1.807) is 0 Å². The molecule has 1 spiro atoms. The Balaban J connectivity index is 1.15. The van der Waals surface area contributed by atoms with Crippen LogP contribution in [-0.4, -0.2) is 15.0 Å². The van der Waals surface area contributed by atoms with Crippen LogP contribution in [0, 0.1) is 0 Å². The Morgan fingerprint density at radius 1 is 0.346 bits per heavy atom. The van der Waals surface area contributed by atoms with Gasteiger partial charge in [-0.3, -0.25) is 0 Å². The Hall–Kier alpha value is -6.91. The summed E-state index contributed by atoms with van der Waals surface area (Å²) in [5, 5.41) is 4.80. The minimum Gasteiger partial charge on any atom is -0.457 e. The van der Waals surface area contributed by atoms with Crippen LogP contribution in [0.5, 0.6) is 11.5 Å². The zero-order valence-electron chi connectivity index (χ0n) is 28.0. The van der Waals surface area contributed by atoms with Crippen molar-refractivity contribution in [2.75, 3.05) is 0 Å². The van der Waals surface area contributed by atoms with E-state index < -0.39 is 5.41 Å². The molecule has 8 aromatic carbocycles. The molecule has 242 valence electrons. The fourth-order valence-electron chi connectivity index (χ4n) is 8.50. The van der Waals surface area contributed by atoms with Gasteiger partial charge in [0.2, 0.25) is 0 Å². The Labute approximate surface area is 300 Å². The van der Waals surface area contributed by atoms with Crippen molar-refractivity contribution >= 4 is 21.5 Å². The molecule has 2 aliphatic rings. The summed E-state index contributed by atoms with van der Waals surface area (Å²) in [4.78, 5) is 15.4. The summed E-state index contributed by atoms with van der Waals surface area (Å²) in [5.74, 6) is 3.56. The molecule has 0 amide bonds. The van der Waals surface area contributed by atoms with Crippen LogP contribution in [0.15, 0.2) is 176 Å². The number of nitrogens with zero attached hydrogens (tertiary/aromatic N) is 3. The molecule has 2 heterocycles. The van der Waals surface area contributed by atoms with Crippen LogP contribution in [-0.2, 0) is 5.41 Å². The molecule has 4 heteroatoms. The minimum atomic E-state index is -0.577. The Bertz CT molecular complexity index is 2850. The molecule has 0 fully saturated rings. The number of benzene rings is 8. The van der Waals surface area contributed by atoms with Gasteiger partial charge < -0.3 is 4.74 Å². The van der Waals surface area contributed by atoms with Gasteiger partial charge in [0, 0.05) is 27.8 Å². The number of hydrogen-bond acceptors (Lipinski definition) is 4. The molecule has 11 rings (SSSR count). The van der Waals surface area contributed by atoms with Crippen LogP contribution in [0.2, 0.25) is 0 Å². The lowest BCUT2D eigenvalue weighted by atomic mass is 9.66. The molecular weight excluding hydrogens is 635 g/mol. The quantitative estimate of drug-likeness (QED) is 0.177. The highest BCUT2D eigenvalue weighted by atomic mass is 16.5. The molecule has 1 aliphatic heterocycles. The third-order valence-corrected chi connectivity index (χ3v) is 10.8. The van der Waals surface area contributed by atoms with Gasteiger partial charge in [-0.15, -0.1) is 0 Å². The molecule has 0 unspecified atom stereocenters. The molecule has 0 saturated heterocycles. The van der Waals surface area contributed by atoms with E-state index in [-0.39, 0.29) is 0 Å². The highest BCUT2D eigenvalue weighted by molar-refractivity contribution is 6.08. The summed E-state index contributed by atoms with van der Waals surface area (Å²) in [5.41, 5.74) is 9.36. The van der Waals surface area contributed by atoms with Crippen molar-refractivity contribution in [1.29, 1.82) is 0 Å². The van der Waals surface area contributed by atoms with Crippen molar-refractivity contribution in [3.63, 3.8) is 0 Å². The van der Waals surface area contributed by atoms with Crippen molar-refractivity contribution in [2.45, 2.75) is 5.41 Å². The highest BCUT2D eigenvalue weighted by Gasteiger charge is 2.51. The van der Waals surface area contributed by atoms with Crippen LogP contribution < -0.4 is 4.74 Å². The summed E-state index contributed by atoms with van der Waals surface area (Å²) in [6.45, 7) is 0. The largest absolute Gasteiger partial charge is 0.457 e. The van der Waals surface area contributed by atoms with Crippen LogP contribution in [0.1, 0.15) is 22.3 Å². The second kappa shape index (κ2) is 11.0. The van der Waals surface area contributed by atoms with E-state index >= 15 is 0 Å². The lowest BCUT2D eigenvalue weighted by molar-refractivity contribution is 0.436. The Morgan fingerprint density at radius 2 is 0.885 bits per heavy atom. The van der Waals surface area contributed by atoms with E-state index in [4.69, 9.17) is 19.7 Å². The lowest BCUT2D eigenvalue weighted by Crippen LogP contribution is -2.32. The fraction of sp³-hybridized carbons (Fsp3) is 0.0208. The molecule has 1 aromatic heterocycles. The topological polar surface area (TPSA) is 47.9 Å². The van der Waals surface area contributed by atoms with Gasteiger partial charge in [-0.25, -0.2) is 15.0 Å². The van der Waals surface area contributed by atoms with Crippen LogP contribution in [0.3, 0.4) is 0 Å². The number of ether oxygens (including phenoxy) is 1. The molecule has 9 aromatic rings. The molecular formula is C48H29N3O. The summed E-state index contributed by atoms with van der Waals surface area (Å²) in [6, 6.07) is 61.9. The van der Waals surface area contributed by atoms with E-state index in [2.05, 4.69) is 152 Å². The second-order valence-electron chi connectivity index (χ2n) is 13.5. The smallest absolute Gasteiger partial charge is 0.164 e. The molecule has 52 heavy (non-hydrogen) atoms. The molecule has 0 atom stereocenters. The fourth-order valence-corrected chi connectivity index (χ4v) is 8.50. The van der Waals surface area contributed by atoms with Gasteiger partial charge >= 0.3 is 0 Å². The number of hydrogen-bond donors (Lipinski definition) is 0. The van der Waals surface area contributed by atoms with Gasteiger partial charge in [0.25, 0.3) is 0 Å². The van der Waals surface area contributed by atoms with Crippen molar-refractivity contribution in [1.82, 2.24) is 15.0 Å². The van der Waals surface area contributed by atoms with E-state index in [9.17, 15) is 0 Å². The van der Waals surface area contributed by atoms with Gasteiger partial charge in [-0.05, 0) is 74.1 Å². The van der Waals surface area contributed by atoms with Crippen molar-refractivity contribution < 1.29 is 4.74 Å². The van der Waals surface area contributed by atoms with Crippen LogP contribution >= 0.6 is 0 Å². The zero-order chi connectivity index (χ0) is 34.2. The van der Waals surface area contributed by atoms with Gasteiger partial charge in [-0.1, -0.05) is 146 Å². The number of para-hydroxylation sites is 1. The normalized spacial score (nSPS) is 13.3. The first-order valence-corrected chi connectivity index (χ1v) is 17.6. The minimum absolute atomic E-state index is 0.577. The van der Waals surface area contributed by atoms with Crippen LogP contribution in [0.4, 0.5) is 0 Å². The van der Waals surface area contributed by atoms with Gasteiger partial charge in [0.15, 0.2) is 17.5 Å². The SMILES string of the molecule is c1ccc(-c2nc(-c3ccc4c(c3)C3(c5ccccc5O4)c4ccccc4-c4ccccc43)nc(-c3ccc4c(ccc5ccccc54)c3)n2)cc1. The molecule has 0 radical (unpaired) electrons. The van der Waals surface area contributed by atoms with Crippen molar-refractivity contribution in [3.8, 4) is 56.8 Å². The number of rotatable bonds is 3. The summed E-state index contributed by atoms with van der Waals surface area (Å²) in [6.07, 6.45) is 0. The monoisotopic (exact) mass is 663 g/mol. The average Bonchev–Trinajstić information content (AvgIpc) is 3.51. The first-order valence-electron chi connectivity index (χ1n) is 17.6. The van der Waals surface area contributed by atoms with Crippen molar-refractivity contribution in [3.05, 3.63) is 198 Å². The average molecular weight is 664 g/mol. The summed E-state index contributed by atoms with van der Waals surface area (Å²) in [7, 11) is 0. The standard InChI is InChI=1S/C48H29N3O/c1-2-13-31(14-3-1)45-49-46(33-24-26-36-32(28-33)23-22-30-12-4-5-15-35(30)36)51-47(50-45)34-25-27-44-42(29-34)48(41-20-10-11-21-43(41)52-44)39-18-8-6-16-37(39)38-17-7-9-19-40(38)48/h1-29H. The molecule has 0 saturated carbocycles. The third-order valence-electron chi connectivity index (χ3n) is 10.8. The number of fused-ring (bicyclic) bond motifs is 12. The predicted molar refractivity (Wildman–Crippen MR) is 209 cm³/mol. The Morgan fingerprint density at radius 3 is 1.65 bits per heavy atom. The van der Waals surface area contributed by atoms with E-state index in [1.807, 2.05) is 24.3 Å². The Kier molecular flexibility index (Phi) is 6.13. The zero-order valence-corrected chi connectivity index (χ0v) is 28.0. The van der Waals surface area contributed by atoms with E-state index in [0.29, 0.717) is 17.5 Å². The molecule has 4 nitrogen and oxygen atoms in total. The van der Waals surface area contributed by atoms with E-state index in [0.717, 1.165) is 44.7 Å². The highest BCUT2D eigenvalue weighted by Crippen LogP contribution is 2.62. The maximum absolute atomic E-state index is 6.69. The molecule has 0 N–H and O–H groups in total. The van der Waals surface area contributed by atoms with Crippen LogP contribution in [0.25, 0.3) is 66.8 Å². The molecule has 1 aliphatic carbocycles. The third kappa shape index (κ3) is 4.12. The molecule has 0 bridgehead atoms. The summed E-state index contributed by atoms with van der Waals surface area (Å²) < 4.78 is 6.69. The van der Waals surface area contributed by atoms with Gasteiger partial charge in [0.1, 0.15) is 11.5 Å². The second-order valence-corrected chi connectivity index (χ2v) is 13.5. The number of aromatic nitrogens is 3. The van der Waals surface area contributed by atoms with Crippen molar-refractivity contribution in [2.24, 2.45) is 0 Å².